The number of halogens is 1. The lowest BCUT2D eigenvalue weighted by atomic mass is 10.00. The Labute approximate surface area is 125 Å². The second-order valence-corrected chi connectivity index (χ2v) is 6.58. The van der Waals surface area contributed by atoms with Crippen LogP contribution >= 0.6 is 15.9 Å². The lowest BCUT2D eigenvalue weighted by Gasteiger charge is -2.42. The standard InChI is InChI=1S/C16H25BrN2/c1-4-5-16-11-19(12(2)10-18-16)13(3)14-6-8-15(17)9-7-14/h6-9,12-13,16,18H,4-5,10-11H2,1-3H3. The Morgan fingerprint density at radius 1 is 1.37 bits per heavy atom. The van der Waals surface area contributed by atoms with E-state index in [9.17, 15) is 0 Å². The summed E-state index contributed by atoms with van der Waals surface area (Å²) in [5.74, 6) is 0. The summed E-state index contributed by atoms with van der Waals surface area (Å²) >= 11 is 3.51. The summed E-state index contributed by atoms with van der Waals surface area (Å²) in [6.07, 6.45) is 2.53. The highest BCUT2D eigenvalue weighted by molar-refractivity contribution is 9.10. The van der Waals surface area contributed by atoms with Crippen LogP contribution in [0.25, 0.3) is 0 Å². The van der Waals surface area contributed by atoms with Gasteiger partial charge in [-0.15, -0.1) is 0 Å². The first-order valence-electron chi connectivity index (χ1n) is 7.36. The maximum Gasteiger partial charge on any atom is 0.0323 e. The SMILES string of the molecule is CCCC1CN(C(C)c2ccc(Br)cc2)C(C)CN1. The third kappa shape index (κ3) is 3.80. The molecule has 0 bridgehead atoms. The van der Waals surface area contributed by atoms with Crippen LogP contribution in [0.3, 0.4) is 0 Å². The summed E-state index contributed by atoms with van der Waals surface area (Å²) in [6, 6.07) is 10.5. The molecule has 1 aliphatic rings. The Hall–Kier alpha value is -0.380. The Bertz CT molecular complexity index is 390. The van der Waals surface area contributed by atoms with Gasteiger partial charge in [0.25, 0.3) is 0 Å². The number of piperazine rings is 1. The average Bonchev–Trinajstić information content (AvgIpc) is 2.41. The highest BCUT2D eigenvalue weighted by Gasteiger charge is 2.28. The van der Waals surface area contributed by atoms with Crippen LogP contribution in [0.2, 0.25) is 0 Å². The van der Waals surface area contributed by atoms with E-state index < -0.39 is 0 Å². The zero-order valence-electron chi connectivity index (χ0n) is 12.2. The summed E-state index contributed by atoms with van der Waals surface area (Å²) < 4.78 is 1.15. The average molecular weight is 325 g/mol. The molecule has 0 spiro atoms. The molecule has 1 aliphatic heterocycles. The van der Waals surface area contributed by atoms with E-state index in [2.05, 4.69) is 71.2 Å². The zero-order chi connectivity index (χ0) is 13.8. The predicted octanol–water partition coefficient (Wildman–Crippen LogP) is 3.97. The first kappa shape index (κ1) is 15.0. The molecule has 3 heteroatoms. The minimum Gasteiger partial charge on any atom is -0.311 e. The molecule has 1 saturated heterocycles. The summed E-state index contributed by atoms with van der Waals surface area (Å²) in [4.78, 5) is 2.64. The summed E-state index contributed by atoms with van der Waals surface area (Å²) in [6.45, 7) is 9.18. The maximum absolute atomic E-state index is 3.67. The highest BCUT2D eigenvalue weighted by Crippen LogP contribution is 2.26. The van der Waals surface area contributed by atoms with Crippen molar-refractivity contribution in [1.29, 1.82) is 0 Å². The largest absolute Gasteiger partial charge is 0.311 e. The second-order valence-electron chi connectivity index (χ2n) is 5.67. The van der Waals surface area contributed by atoms with Crippen LogP contribution in [0.4, 0.5) is 0 Å². The zero-order valence-corrected chi connectivity index (χ0v) is 13.8. The number of hydrogen-bond donors (Lipinski definition) is 1. The van der Waals surface area contributed by atoms with E-state index in [4.69, 9.17) is 0 Å². The van der Waals surface area contributed by atoms with E-state index in [1.54, 1.807) is 0 Å². The number of nitrogens with one attached hydrogen (secondary N) is 1. The van der Waals surface area contributed by atoms with Crippen molar-refractivity contribution in [2.24, 2.45) is 0 Å². The quantitative estimate of drug-likeness (QED) is 0.901. The molecule has 0 amide bonds. The molecule has 0 radical (unpaired) electrons. The molecule has 0 saturated carbocycles. The van der Waals surface area contributed by atoms with E-state index in [-0.39, 0.29) is 0 Å². The molecular formula is C16H25BrN2. The number of nitrogens with zero attached hydrogens (tertiary/aromatic N) is 1. The molecule has 0 aromatic heterocycles. The van der Waals surface area contributed by atoms with Crippen molar-refractivity contribution in [1.82, 2.24) is 10.2 Å². The number of rotatable bonds is 4. The predicted molar refractivity (Wildman–Crippen MR) is 85.4 cm³/mol. The van der Waals surface area contributed by atoms with Gasteiger partial charge in [0, 0.05) is 35.7 Å². The van der Waals surface area contributed by atoms with Gasteiger partial charge in [0.15, 0.2) is 0 Å². The molecule has 1 aromatic carbocycles. The monoisotopic (exact) mass is 324 g/mol. The van der Waals surface area contributed by atoms with Crippen LogP contribution in [0.15, 0.2) is 28.7 Å². The molecule has 1 aromatic rings. The number of benzene rings is 1. The molecular weight excluding hydrogens is 300 g/mol. The fourth-order valence-corrected chi connectivity index (χ4v) is 3.23. The van der Waals surface area contributed by atoms with Gasteiger partial charge in [-0.2, -0.15) is 0 Å². The van der Waals surface area contributed by atoms with Gasteiger partial charge in [-0.25, -0.2) is 0 Å². The van der Waals surface area contributed by atoms with E-state index in [1.807, 2.05) is 0 Å². The van der Waals surface area contributed by atoms with E-state index in [0.29, 0.717) is 18.1 Å². The van der Waals surface area contributed by atoms with E-state index in [1.165, 1.54) is 18.4 Å². The summed E-state index contributed by atoms with van der Waals surface area (Å²) in [7, 11) is 0. The minimum absolute atomic E-state index is 0.490. The summed E-state index contributed by atoms with van der Waals surface area (Å²) in [5.41, 5.74) is 1.41. The third-order valence-electron chi connectivity index (χ3n) is 4.19. The van der Waals surface area contributed by atoms with Crippen molar-refractivity contribution in [3.05, 3.63) is 34.3 Å². The van der Waals surface area contributed by atoms with Crippen LogP contribution in [0, 0.1) is 0 Å². The van der Waals surface area contributed by atoms with Crippen LogP contribution < -0.4 is 5.32 Å². The van der Waals surface area contributed by atoms with Gasteiger partial charge >= 0.3 is 0 Å². The topological polar surface area (TPSA) is 15.3 Å². The highest BCUT2D eigenvalue weighted by atomic mass is 79.9. The van der Waals surface area contributed by atoms with Gasteiger partial charge in [0.2, 0.25) is 0 Å². The van der Waals surface area contributed by atoms with Crippen molar-refractivity contribution in [3.8, 4) is 0 Å². The van der Waals surface area contributed by atoms with Gasteiger partial charge in [-0.1, -0.05) is 41.4 Å². The molecule has 3 atom stereocenters. The van der Waals surface area contributed by atoms with E-state index in [0.717, 1.165) is 17.6 Å². The molecule has 2 nitrogen and oxygen atoms in total. The molecule has 1 heterocycles. The fourth-order valence-electron chi connectivity index (χ4n) is 2.97. The third-order valence-corrected chi connectivity index (χ3v) is 4.71. The van der Waals surface area contributed by atoms with Crippen molar-refractivity contribution in [3.63, 3.8) is 0 Å². The fraction of sp³-hybridized carbons (Fsp3) is 0.625. The van der Waals surface area contributed by atoms with Crippen LogP contribution in [0.1, 0.15) is 45.2 Å². The Kier molecular flexibility index (Phi) is 5.43. The van der Waals surface area contributed by atoms with Gasteiger partial charge < -0.3 is 5.32 Å². The smallest absolute Gasteiger partial charge is 0.0323 e. The Balaban J connectivity index is 2.07. The summed E-state index contributed by atoms with van der Waals surface area (Å²) in [5, 5.41) is 3.67. The molecule has 2 rings (SSSR count). The second kappa shape index (κ2) is 6.87. The van der Waals surface area contributed by atoms with Crippen molar-refractivity contribution in [2.75, 3.05) is 13.1 Å². The minimum atomic E-state index is 0.490. The van der Waals surface area contributed by atoms with Gasteiger partial charge in [0.1, 0.15) is 0 Å². The Morgan fingerprint density at radius 2 is 2.05 bits per heavy atom. The van der Waals surface area contributed by atoms with Crippen molar-refractivity contribution in [2.45, 2.75) is 51.7 Å². The molecule has 19 heavy (non-hydrogen) atoms. The molecule has 106 valence electrons. The van der Waals surface area contributed by atoms with Gasteiger partial charge in [-0.05, 0) is 38.0 Å². The Morgan fingerprint density at radius 3 is 2.68 bits per heavy atom. The van der Waals surface area contributed by atoms with Crippen LogP contribution in [-0.2, 0) is 0 Å². The van der Waals surface area contributed by atoms with E-state index >= 15 is 0 Å². The first-order chi connectivity index (χ1) is 9.11. The van der Waals surface area contributed by atoms with Gasteiger partial charge in [-0.3, -0.25) is 4.90 Å². The normalized spacial score (nSPS) is 26.3. The molecule has 0 aliphatic carbocycles. The molecule has 1 fully saturated rings. The number of hydrogen-bond acceptors (Lipinski definition) is 2. The lowest BCUT2D eigenvalue weighted by molar-refractivity contribution is 0.0959. The van der Waals surface area contributed by atoms with Gasteiger partial charge in [0.05, 0.1) is 0 Å². The van der Waals surface area contributed by atoms with Crippen molar-refractivity contribution >= 4 is 15.9 Å². The molecule has 1 N–H and O–H groups in total. The van der Waals surface area contributed by atoms with Crippen molar-refractivity contribution < 1.29 is 0 Å². The van der Waals surface area contributed by atoms with Crippen LogP contribution in [-0.4, -0.2) is 30.1 Å². The maximum atomic E-state index is 3.67. The first-order valence-corrected chi connectivity index (χ1v) is 8.15. The molecule has 3 unspecified atom stereocenters. The van der Waals surface area contributed by atoms with Crippen LogP contribution in [0.5, 0.6) is 0 Å². The lowest BCUT2D eigenvalue weighted by Crippen LogP contribution is -2.55.